The molecule has 0 aliphatic heterocycles. The minimum atomic E-state index is 0. The highest BCUT2D eigenvalue weighted by atomic mass is 79.9. The summed E-state index contributed by atoms with van der Waals surface area (Å²) in [6.07, 6.45) is 0. The third kappa shape index (κ3) is 4.02. The van der Waals surface area contributed by atoms with Crippen LogP contribution < -0.4 is 10.5 Å². The summed E-state index contributed by atoms with van der Waals surface area (Å²) in [6.45, 7) is 1.04. The van der Waals surface area contributed by atoms with Gasteiger partial charge in [-0.2, -0.15) is 0 Å². The molecule has 2 rings (SSSR count). The van der Waals surface area contributed by atoms with Gasteiger partial charge in [0.25, 0.3) is 0 Å². The molecule has 4 heteroatoms. The minimum absolute atomic E-state index is 0. The second-order valence-corrected chi connectivity index (χ2v) is 4.65. The van der Waals surface area contributed by atoms with Crippen molar-refractivity contribution in [2.45, 2.75) is 13.2 Å². The highest BCUT2D eigenvalue weighted by molar-refractivity contribution is 9.10. The van der Waals surface area contributed by atoms with Gasteiger partial charge in [-0.15, -0.1) is 12.4 Å². The molecule has 2 nitrogen and oxygen atoms in total. The Morgan fingerprint density at radius 1 is 1.06 bits per heavy atom. The lowest BCUT2D eigenvalue weighted by atomic mass is 10.2. The van der Waals surface area contributed by atoms with Gasteiger partial charge in [0.2, 0.25) is 0 Å². The summed E-state index contributed by atoms with van der Waals surface area (Å²) >= 11 is 3.42. The lowest BCUT2D eigenvalue weighted by Gasteiger charge is -2.10. The van der Waals surface area contributed by atoms with Crippen LogP contribution in [0, 0.1) is 0 Å². The molecule has 0 radical (unpaired) electrons. The Kier molecular flexibility index (Phi) is 6.19. The molecule has 2 N–H and O–H groups in total. The van der Waals surface area contributed by atoms with E-state index >= 15 is 0 Å². The number of hydrogen-bond donors (Lipinski definition) is 1. The molecular formula is C14H15BrClNO. The number of hydrogen-bond acceptors (Lipinski definition) is 2. The summed E-state index contributed by atoms with van der Waals surface area (Å²) in [5, 5.41) is 0. The quantitative estimate of drug-likeness (QED) is 0.923. The van der Waals surface area contributed by atoms with E-state index in [1.54, 1.807) is 0 Å². The summed E-state index contributed by atoms with van der Waals surface area (Å²) < 4.78 is 6.79. The Labute approximate surface area is 122 Å². The third-order valence-electron chi connectivity index (χ3n) is 2.48. The zero-order valence-corrected chi connectivity index (χ0v) is 12.2. The van der Waals surface area contributed by atoms with E-state index in [9.17, 15) is 0 Å². The number of halogens is 2. The zero-order valence-electron chi connectivity index (χ0n) is 9.80. The van der Waals surface area contributed by atoms with E-state index in [2.05, 4.69) is 15.9 Å². The molecule has 0 heterocycles. The van der Waals surface area contributed by atoms with Crippen molar-refractivity contribution in [3.63, 3.8) is 0 Å². The van der Waals surface area contributed by atoms with Crippen LogP contribution in [0.15, 0.2) is 53.0 Å². The molecule has 0 fully saturated rings. The molecule has 0 unspecified atom stereocenters. The van der Waals surface area contributed by atoms with Crippen LogP contribution in [0.3, 0.4) is 0 Å². The van der Waals surface area contributed by atoms with Gasteiger partial charge in [0, 0.05) is 16.6 Å². The average molecular weight is 329 g/mol. The predicted molar refractivity (Wildman–Crippen MR) is 80.1 cm³/mol. The van der Waals surface area contributed by atoms with Gasteiger partial charge in [-0.25, -0.2) is 0 Å². The van der Waals surface area contributed by atoms with Crippen molar-refractivity contribution >= 4 is 28.3 Å². The van der Waals surface area contributed by atoms with E-state index < -0.39 is 0 Å². The molecule has 0 atom stereocenters. The van der Waals surface area contributed by atoms with Gasteiger partial charge in [0.1, 0.15) is 12.4 Å². The summed E-state index contributed by atoms with van der Waals surface area (Å²) in [5.41, 5.74) is 7.85. The van der Waals surface area contributed by atoms with Crippen LogP contribution >= 0.6 is 28.3 Å². The molecule has 0 aliphatic carbocycles. The van der Waals surface area contributed by atoms with Crippen LogP contribution in [0.4, 0.5) is 0 Å². The van der Waals surface area contributed by atoms with E-state index in [-0.39, 0.29) is 12.4 Å². The van der Waals surface area contributed by atoms with Crippen molar-refractivity contribution in [3.8, 4) is 5.75 Å². The second kappa shape index (κ2) is 7.41. The summed E-state index contributed by atoms with van der Waals surface area (Å²) in [4.78, 5) is 0. The molecule has 96 valence electrons. The Bertz CT molecular complexity index is 490. The first-order chi connectivity index (χ1) is 8.29. The molecular weight excluding hydrogens is 314 g/mol. The zero-order chi connectivity index (χ0) is 12.1. The fourth-order valence-corrected chi connectivity index (χ4v) is 1.99. The molecule has 0 saturated carbocycles. The molecule has 0 spiro atoms. The first-order valence-corrected chi connectivity index (χ1v) is 6.24. The molecule has 18 heavy (non-hydrogen) atoms. The lowest BCUT2D eigenvalue weighted by molar-refractivity contribution is 0.303. The Hall–Kier alpha value is -1.03. The molecule has 0 aromatic heterocycles. The van der Waals surface area contributed by atoms with Gasteiger partial charge in [-0.05, 0) is 23.8 Å². The van der Waals surface area contributed by atoms with Gasteiger partial charge >= 0.3 is 0 Å². The predicted octanol–water partition coefficient (Wildman–Crippen LogP) is 3.91. The van der Waals surface area contributed by atoms with Crippen LogP contribution in [0.1, 0.15) is 11.1 Å². The van der Waals surface area contributed by atoms with Gasteiger partial charge in [0.05, 0.1) is 0 Å². The molecule has 0 amide bonds. The molecule has 0 aliphatic rings. The number of rotatable bonds is 4. The van der Waals surface area contributed by atoms with E-state index in [1.807, 2.05) is 48.5 Å². The van der Waals surface area contributed by atoms with Crippen LogP contribution in [0.5, 0.6) is 5.75 Å². The van der Waals surface area contributed by atoms with Gasteiger partial charge in [-0.3, -0.25) is 0 Å². The fourth-order valence-electron chi connectivity index (χ4n) is 1.58. The summed E-state index contributed by atoms with van der Waals surface area (Å²) in [6, 6.07) is 16.0. The summed E-state index contributed by atoms with van der Waals surface area (Å²) in [7, 11) is 0. The van der Waals surface area contributed by atoms with Crippen molar-refractivity contribution in [1.82, 2.24) is 0 Å². The monoisotopic (exact) mass is 327 g/mol. The molecule has 0 saturated heterocycles. The normalized spacial score (nSPS) is 9.67. The van der Waals surface area contributed by atoms with Gasteiger partial charge < -0.3 is 10.5 Å². The lowest BCUT2D eigenvalue weighted by Crippen LogP contribution is -2.02. The maximum absolute atomic E-state index is 5.77. The topological polar surface area (TPSA) is 35.2 Å². The van der Waals surface area contributed by atoms with Gasteiger partial charge in [0.15, 0.2) is 0 Å². The SMILES string of the molecule is Cl.NCc1cc(Br)ccc1OCc1ccccc1. The van der Waals surface area contributed by atoms with Crippen LogP contribution in [0.2, 0.25) is 0 Å². The standard InChI is InChI=1S/C14H14BrNO.ClH/c15-13-6-7-14(12(8-13)9-16)17-10-11-4-2-1-3-5-11;/h1-8H,9-10,16H2;1H. The third-order valence-corrected chi connectivity index (χ3v) is 2.97. The van der Waals surface area contributed by atoms with E-state index in [0.717, 1.165) is 21.3 Å². The first kappa shape index (κ1) is 15.0. The Balaban J connectivity index is 0.00000162. The number of ether oxygens (including phenoxy) is 1. The Morgan fingerprint density at radius 2 is 1.78 bits per heavy atom. The van der Waals surface area contributed by atoms with Crippen molar-refractivity contribution in [3.05, 3.63) is 64.1 Å². The van der Waals surface area contributed by atoms with E-state index in [4.69, 9.17) is 10.5 Å². The maximum atomic E-state index is 5.77. The van der Waals surface area contributed by atoms with Crippen molar-refractivity contribution < 1.29 is 4.74 Å². The highest BCUT2D eigenvalue weighted by Gasteiger charge is 2.03. The molecule has 2 aromatic rings. The number of nitrogens with two attached hydrogens (primary N) is 1. The van der Waals surface area contributed by atoms with E-state index in [0.29, 0.717) is 13.2 Å². The highest BCUT2D eigenvalue weighted by Crippen LogP contribution is 2.23. The van der Waals surface area contributed by atoms with E-state index in [1.165, 1.54) is 0 Å². The minimum Gasteiger partial charge on any atom is -0.489 e. The fraction of sp³-hybridized carbons (Fsp3) is 0.143. The Morgan fingerprint density at radius 3 is 2.44 bits per heavy atom. The number of benzene rings is 2. The van der Waals surface area contributed by atoms with Crippen molar-refractivity contribution in [1.29, 1.82) is 0 Å². The second-order valence-electron chi connectivity index (χ2n) is 3.73. The van der Waals surface area contributed by atoms with Crippen LogP contribution in [0.25, 0.3) is 0 Å². The van der Waals surface area contributed by atoms with Crippen LogP contribution in [-0.4, -0.2) is 0 Å². The average Bonchev–Trinajstić information content (AvgIpc) is 2.38. The van der Waals surface area contributed by atoms with Gasteiger partial charge in [-0.1, -0.05) is 46.3 Å². The largest absolute Gasteiger partial charge is 0.489 e. The maximum Gasteiger partial charge on any atom is 0.124 e. The summed E-state index contributed by atoms with van der Waals surface area (Å²) in [5.74, 6) is 0.847. The van der Waals surface area contributed by atoms with Crippen molar-refractivity contribution in [2.75, 3.05) is 0 Å². The molecule has 2 aromatic carbocycles. The first-order valence-electron chi connectivity index (χ1n) is 5.45. The van der Waals surface area contributed by atoms with Crippen LogP contribution in [-0.2, 0) is 13.2 Å². The smallest absolute Gasteiger partial charge is 0.124 e. The molecule has 0 bridgehead atoms. The van der Waals surface area contributed by atoms with Crippen molar-refractivity contribution in [2.24, 2.45) is 5.73 Å².